The number of amides is 1. The number of nitrogens with zero attached hydrogens (tertiary/aromatic N) is 1. The molecule has 4 aromatic carbocycles. The lowest BCUT2D eigenvalue weighted by molar-refractivity contribution is 0.102. The highest BCUT2D eigenvalue weighted by Crippen LogP contribution is 2.57. The number of carbonyl (C=O) groups excluding carboxylic acids is 1. The second-order valence-electron chi connectivity index (χ2n) is 12.1. The summed E-state index contributed by atoms with van der Waals surface area (Å²) < 4.78 is 0. The molecular weight excluding hydrogens is 531 g/mol. The Morgan fingerprint density at radius 1 is 0.619 bits per heavy atom. The van der Waals surface area contributed by atoms with Crippen LogP contribution < -0.4 is 10.6 Å². The number of rotatable bonds is 6. The highest BCUT2D eigenvalue weighted by molar-refractivity contribution is 7.67. The van der Waals surface area contributed by atoms with E-state index in [-0.39, 0.29) is 13.8 Å². The molecule has 1 N–H and O–H groups in total. The molecule has 0 unspecified atom stereocenters. The zero-order chi connectivity index (χ0) is 28.3. The van der Waals surface area contributed by atoms with Gasteiger partial charge in [0.2, 0.25) is 0 Å². The van der Waals surface area contributed by atoms with Gasteiger partial charge in [0.05, 0.1) is 0 Å². The highest BCUT2D eigenvalue weighted by atomic mass is 31.1. The third-order valence-electron chi connectivity index (χ3n) is 9.45. The first kappa shape index (κ1) is 27.3. The predicted molar refractivity (Wildman–Crippen MR) is 179 cm³/mol. The fourth-order valence-corrected chi connectivity index (χ4v) is 11.4. The molecule has 0 spiro atoms. The number of pyridine rings is 1. The Kier molecular flexibility index (Phi) is 8.03. The van der Waals surface area contributed by atoms with Crippen molar-refractivity contribution in [2.24, 2.45) is 0 Å². The van der Waals surface area contributed by atoms with Crippen LogP contribution in [0.4, 0.5) is 5.69 Å². The van der Waals surface area contributed by atoms with Crippen molar-refractivity contribution in [3.63, 3.8) is 0 Å². The number of carbonyl (C=O) groups is 1. The van der Waals surface area contributed by atoms with Crippen LogP contribution in [0.1, 0.15) is 74.7 Å². The number of hydrogen-bond donors (Lipinski definition) is 1. The average molecular weight is 571 g/mol. The molecule has 3 nitrogen and oxygen atoms in total. The minimum atomic E-state index is -0.367. The summed E-state index contributed by atoms with van der Waals surface area (Å²) in [5, 5.41) is 9.80. The maximum absolute atomic E-state index is 13.5. The SMILES string of the molecule is O=C(Nc1ccc2ccccc2c1-c1c(P(C2CCCCC2)C2CCCCC2)ccc2ccccc12)c1ccccn1. The Hall–Kier alpha value is -3.55. The number of fused-ring (bicyclic) bond motifs is 2. The molecule has 0 bridgehead atoms. The zero-order valence-electron chi connectivity index (χ0n) is 24.3. The highest BCUT2D eigenvalue weighted by Gasteiger charge is 2.35. The van der Waals surface area contributed by atoms with Crippen LogP contribution in [0.2, 0.25) is 0 Å². The first-order valence-electron chi connectivity index (χ1n) is 15.8. The molecule has 0 aliphatic heterocycles. The van der Waals surface area contributed by atoms with Crippen molar-refractivity contribution in [1.29, 1.82) is 0 Å². The second-order valence-corrected chi connectivity index (χ2v) is 14.8. The maximum atomic E-state index is 13.5. The van der Waals surface area contributed by atoms with Gasteiger partial charge in [-0.1, -0.05) is 119 Å². The lowest BCUT2D eigenvalue weighted by Crippen LogP contribution is -2.27. The Morgan fingerprint density at radius 3 is 1.81 bits per heavy atom. The van der Waals surface area contributed by atoms with Crippen LogP contribution in [0.5, 0.6) is 0 Å². The molecule has 1 aromatic heterocycles. The van der Waals surface area contributed by atoms with Crippen LogP contribution in [0.3, 0.4) is 0 Å². The third-order valence-corrected chi connectivity index (χ3v) is 13.0. The molecule has 42 heavy (non-hydrogen) atoms. The minimum absolute atomic E-state index is 0.171. The van der Waals surface area contributed by atoms with Crippen molar-refractivity contribution in [1.82, 2.24) is 4.98 Å². The number of anilines is 1. The van der Waals surface area contributed by atoms with Gasteiger partial charge < -0.3 is 5.32 Å². The van der Waals surface area contributed by atoms with Crippen LogP contribution in [0.25, 0.3) is 32.7 Å². The van der Waals surface area contributed by atoms with Crippen LogP contribution in [-0.2, 0) is 0 Å². The van der Waals surface area contributed by atoms with E-state index in [2.05, 4.69) is 83.1 Å². The lowest BCUT2D eigenvalue weighted by Gasteiger charge is -2.40. The van der Waals surface area contributed by atoms with E-state index in [1.54, 1.807) is 17.6 Å². The van der Waals surface area contributed by atoms with E-state index in [1.807, 2.05) is 12.1 Å². The maximum Gasteiger partial charge on any atom is 0.274 e. The van der Waals surface area contributed by atoms with E-state index in [0.717, 1.165) is 22.6 Å². The monoisotopic (exact) mass is 570 g/mol. The van der Waals surface area contributed by atoms with Gasteiger partial charge in [-0.2, -0.15) is 0 Å². The van der Waals surface area contributed by atoms with E-state index >= 15 is 0 Å². The average Bonchev–Trinajstić information content (AvgIpc) is 3.06. The predicted octanol–water partition coefficient (Wildman–Crippen LogP) is 10.1. The zero-order valence-corrected chi connectivity index (χ0v) is 25.2. The van der Waals surface area contributed by atoms with E-state index in [4.69, 9.17) is 0 Å². The van der Waals surface area contributed by atoms with Gasteiger partial charge in [-0.15, -0.1) is 0 Å². The molecule has 212 valence electrons. The van der Waals surface area contributed by atoms with Crippen LogP contribution >= 0.6 is 7.92 Å². The summed E-state index contributed by atoms with van der Waals surface area (Å²) >= 11 is 0. The van der Waals surface area contributed by atoms with Gasteiger partial charge in [-0.25, -0.2) is 0 Å². The molecular formula is C38H39N2OP. The Bertz CT molecular complexity index is 1690. The number of hydrogen-bond acceptors (Lipinski definition) is 2. The normalized spacial score (nSPS) is 16.7. The molecule has 1 heterocycles. The smallest absolute Gasteiger partial charge is 0.274 e. The fraction of sp³-hybridized carbons (Fsp3) is 0.316. The standard InChI is InChI=1S/C38H39N2OP/c41-38(34-21-11-12-26-39-34)40-33-24-22-27-13-7-9-19-31(27)36(33)37-32-20-10-8-14-28(32)23-25-35(37)42(29-15-3-1-4-16-29)30-17-5-2-6-18-30/h7-14,19-26,29-30H,1-6,15-18H2,(H,40,41). The molecule has 5 aromatic rings. The van der Waals surface area contributed by atoms with Crippen molar-refractivity contribution < 1.29 is 4.79 Å². The van der Waals surface area contributed by atoms with Crippen molar-refractivity contribution in [2.45, 2.75) is 75.5 Å². The van der Waals surface area contributed by atoms with Crippen molar-refractivity contribution in [3.05, 3.63) is 103 Å². The minimum Gasteiger partial charge on any atom is -0.320 e. The first-order valence-corrected chi connectivity index (χ1v) is 17.3. The molecule has 2 aliphatic carbocycles. The van der Waals surface area contributed by atoms with Gasteiger partial charge in [0.25, 0.3) is 5.91 Å². The van der Waals surface area contributed by atoms with Crippen LogP contribution in [-0.4, -0.2) is 22.2 Å². The van der Waals surface area contributed by atoms with E-state index in [9.17, 15) is 4.79 Å². The van der Waals surface area contributed by atoms with Crippen molar-refractivity contribution >= 4 is 46.4 Å². The summed E-state index contributed by atoms with van der Waals surface area (Å²) in [7, 11) is -0.367. The number of benzene rings is 4. The summed E-state index contributed by atoms with van der Waals surface area (Å²) in [6.07, 6.45) is 15.3. The van der Waals surface area contributed by atoms with E-state index in [0.29, 0.717) is 5.69 Å². The molecule has 4 heteroatoms. The lowest BCUT2D eigenvalue weighted by atomic mass is 9.92. The Balaban J connectivity index is 1.49. The quantitative estimate of drug-likeness (QED) is 0.206. The third kappa shape index (κ3) is 5.36. The molecule has 2 saturated carbocycles. The van der Waals surface area contributed by atoms with E-state index < -0.39 is 0 Å². The van der Waals surface area contributed by atoms with Crippen molar-refractivity contribution in [3.8, 4) is 11.1 Å². The molecule has 1 amide bonds. The molecule has 2 fully saturated rings. The summed E-state index contributed by atoms with van der Waals surface area (Å²) in [5.41, 5.74) is 5.34. The summed E-state index contributed by atoms with van der Waals surface area (Å²) in [6, 6.07) is 32.1. The summed E-state index contributed by atoms with van der Waals surface area (Å²) in [6.45, 7) is 0. The number of aromatic nitrogens is 1. The van der Waals surface area contributed by atoms with Gasteiger partial charge in [0.1, 0.15) is 5.69 Å². The number of nitrogens with one attached hydrogen (secondary N) is 1. The van der Waals surface area contributed by atoms with Crippen molar-refractivity contribution in [2.75, 3.05) is 5.32 Å². The van der Waals surface area contributed by atoms with Crippen LogP contribution in [0.15, 0.2) is 97.2 Å². The van der Waals surface area contributed by atoms with Gasteiger partial charge in [0.15, 0.2) is 0 Å². The van der Waals surface area contributed by atoms with Gasteiger partial charge in [-0.05, 0) is 87.6 Å². The molecule has 7 rings (SSSR count). The van der Waals surface area contributed by atoms with Gasteiger partial charge >= 0.3 is 0 Å². The molecule has 0 atom stereocenters. The summed E-state index contributed by atoms with van der Waals surface area (Å²) in [5.74, 6) is -0.171. The largest absolute Gasteiger partial charge is 0.320 e. The Labute approximate surface area is 250 Å². The molecule has 2 aliphatic rings. The summed E-state index contributed by atoms with van der Waals surface area (Å²) in [4.78, 5) is 17.9. The molecule has 0 radical (unpaired) electrons. The fourth-order valence-electron chi connectivity index (χ4n) is 7.48. The van der Waals surface area contributed by atoms with Gasteiger partial charge in [0, 0.05) is 17.4 Å². The topological polar surface area (TPSA) is 42.0 Å². The molecule has 0 saturated heterocycles. The Morgan fingerprint density at radius 2 is 1.19 bits per heavy atom. The van der Waals surface area contributed by atoms with E-state index in [1.165, 1.54) is 91.3 Å². The van der Waals surface area contributed by atoms with Gasteiger partial charge in [-0.3, -0.25) is 9.78 Å². The van der Waals surface area contributed by atoms with Crippen LogP contribution in [0, 0.1) is 0 Å². The second kappa shape index (κ2) is 12.4. The first-order chi connectivity index (χ1) is 20.8.